The molecule has 0 aliphatic carbocycles. The van der Waals surface area contributed by atoms with E-state index in [1.54, 1.807) is 24.3 Å². The summed E-state index contributed by atoms with van der Waals surface area (Å²) in [6.07, 6.45) is -0.420. The SMILES string of the molecule is Cc1noc(C)c1COc1ccc(C(=O)O[C@H]2CCOC2=O)cc1. The molecule has 1 atom stereocenters. The fourth-order valence-corrected chi connectivity index (χ4v) is 2.33. The van der Waals surface area contributed by atoms with Crippen molar-refractivity contribution >= 4 is 11.9 Å². The first-order valence-electron chi connectivity index (χ1n) is 7.57. The highest BCUT2D eigenvalue weighted by atomic mass is 16.6. The summed E-state index contributed by atoms with van der Waals surface area (Å²) in [6.45, 7) is 4.29. The molecule has 1 aromatic heterocycles. The molecule has 0 spiro atoms. The first-order chi connectivity index (χ1) is 11.5. The van der Waals surface area contributed by atoms with Crippen molar-refractivity contribution < 1.29 is 28.3 Å². The largest absolute Gasteiger partial charge is 0.489 e. The summed E-state index contributed by atoms with van der Waals surface area (Å²) >= 11 is 0. The van der Waals surface area contributed by atoms with E-state index in [4.69, 9.17) is 18.7 Å². The molecule has 7 nitrogen and oxygen atoms in total. The summed E-state index contributed by atoms with van der Waals surface area (Å²) in [7, 11) is 0. The average molecular weight is 331 g/mol. The van der Waals surface area contributed by atoms with Crippen LogP contribution in [0.15, 0.2) is 28.8 Å². The monoisotopic (exact) mass is 331 g/mol. The molecule has 1 fully saturated rings. The first-order valence-corrected chi connectivity index (χ1v) is 7.57. The zero-order valence-corrected chi connectivity index (χ0v) is 13.4. The van der Waals surface area contributed by atoms with Gasteiger partial charge in [0.25, 0.3) is 0 Å². The Morgan fingerprint density at radius 2 is 2.04 bits per heavy atom. The normalized spacial score (nSPS) is 16.8. The minimum absolute atomic E-state index is 0.283. The molecule has 0 unspecified atom stereocenters. The molecule has 24 heavy (non-hydrogen) atoms. The highest BCUT2D eigenvalue weighted by molar-refractivity contribution is 5.91. The molecule has 0 radical (unpaired) electrons. The average Bonchev–Trinajstić information content (AvgIpc) is 3.12. The number of hydrogen-bond acceptors (Lipinski definition) is 7. The predicted molar refractivity (Wildman–Crippen MR) is 81.5 cm³/mol. The van der Waals surface area contributed by atoms with Gasteiger partial charge in [0.1, 0.15) is 18.1 Å². The maximum atomic E-state index is 12.0. The topological polar surface area (TPSA) is 87.9 Å². The smallest absolute Gasteiger partial charge is 0.347 e. The van der Waals surface area contributed by atoms with Gasteiger partial charge in [-0.15, -0.1) is 0 Å². The molecule has 0 amide bonds. The van der Waals surface area contributed by atoms with Gasteiger partial charge >= 0.3 is 11.9 Å². The van der Waals surface area contributed by atoms with Crippen molar-refractivity contribution in [3.8, 4) is 5.75 Å². The van der Waals surface area contributed by atoms with Crippen LogP contribution in [0.1, 0.15) is 33.8 Å². The lowest BCUT2D eigenvalue weighted by atomic mass is 10.2. The number of carbonyl (C=O) groups excluding carboxylic acids is 2. The number of esters is 2. The number of benzene rings is 1. The van der Waals surface area contributed by atoms with E-state index in [-0.39, 0.29) is 6.61 Å². The van der Waals surface area contributed by atoms with E-state index in [2.05, 4.69) is 5.16 Å². The second-order valence-electron chi connectivity index (χ2n) is 5.47. The van der Waals surface area contributed by atoms with Crippen LogP contribution < -0.4 is 4.74 Å². The molecule has 0 N–H and O–H groups in total. The van der Waals surface area contributed by atoms with E-state index in [0.717, 1.165) is 17.0 Å². The van der Waals surface area contributed by atoms with Gasteiger partial charge in [-0.25, -0.2) is 9.59 Å². The quantitative estimate of drug-likeness (QED) is 0.777. The van der Waals surface area contributed by atoms with E-state index in [1.807, 2.05) is 13.8 Å². The molecule has 126 valence electrons. The van der Waals surface area contributed by atoms with Gasteiger partial charge in [-0.1, -0.05) is 5.16 Å². The van der Waals surface area contributed by atoms with Crippen molar-refractivity contribution in [3.63, 3.8) is 0 Å². The Bertz CT molecular complexity index is 729. The van der Waals surface area contributed by atoms with Crippen LogP contribution in [0, 0.1) is 13.8 Å². The molecule has 3 rings (SSSR count). The predicted octanol–water partition coefficient (Wildman–Crippen LogP) is 2.34. The molecule has 2 heterocycles. The van der Waals surface area contributed by atoms with Gasteiger partial charge < -0.3 is 18.7 Å². The Kier molecular flexibility index (Phi) is 4.50. The summed E-state index contributed by atoms with van der Waals surface area (Å²) < 4.78 is 20.6. The van der Waals surface area contributed by atoms with Crippen LogP contribution in [0.3, 0.4) is 0 Å². The van der Waals surface area contributed by atoms with E-state index in [1.165, 1.54) is 0 Å². The number of aromatic nitrogens is 1. The summed E-state index contributed by atoms with van der Waals surface area (Å²) in [4.78, 5) is 23.3. The molecule has 0 bridgehead atoms. The van der Waals surface area contributed by atoms with Gasteiger partial charge in [-0.3, -0.25) is 0 Å². The Labute approximate surface area is 138 Å². The second kappa shape index (κ2) is 6.74. The Morgan fingerprint density at radius 1 is 1.29 bits per heavy atom. The van der Waals surface area contributed by atoms with Gasteiger partial charge in [0, 0.05) is 6.42 Å². The van der Waals surface area contributed by atoms with Crippen molar-refractivity contribution in [2.45, 2.75) is 33.0 Å². The zero-order valence-electron chi connectivity index (χ0n) is 13.4. The third-order valence-electron chi connectivity index (χ3n) is 3.79. The Hall–Kier alpha value is -2.83. The van der Waals surface area contributed by atoms with E-state index in [0.29, 0.717) is 24.3 Å². The second-order valence-corrected chi connectivity index (χ2v) is 5.47. The number of carbonyl (C=O) groups is 2. The number of cyclic esters (lactones) is 1. The summed E-state index contributed by atoms with van der Waals surface area (Å²) in [5, 5.41) is 3.87. The lowest BCUT2D eigenvalue weighted by Gasteiger charge is -2.09. The highest BCUT2D eigenvalue weighted by Gasteiger charge is 2.30. The Balaban J connectivity index is 1.58. The summed E-state index contributed by atoms with van der Waals surface area (Å²) in [5.74, 6) is 0.266. The number of nitrogens with zero attached hydrogens (tertiary/aromatic N) is 1. The van der Waals surface area contributed by atoms with Crippen LogP contribution >= 0.6 is 0 Å². The van der Waals surface area contributed by atoms with Crippen LogP contribution in [0.2, 0.25) is 0 Å². The van der Waals surface area contributed by atoms with Gasteiger partial charge in [-0.2, -0.15) is 0 Å². The van der Waals surface area contributed by atoms with Gasteiger partial charge in [0.05, 0.1) is 23.4 Å². The van der Waals surface area contributed by atoms with Gasteiger partial charge in [0.2, 0.25) is 6.10 Å². The van der Waals surface area contributed by atoms with E-state index < -0.39 is 18.0 Å². The summed E-state index contributed by atoms with van der Waals surface area (Å²) in [5.41, 5.74) is 2.04. The Morgan fingerprint density at radius 3 is 2.62 bits per heavy atom. The lowest BCUT2D eigenvalue weighted by molar-refractivity contribution is -0.145. The van der Waals surface area contributed by atoms with Crippen molar-refractivity contribution in [2.24, 2.45) is 0 Å². The van der Waals surface area contributed by atoms with E-state index in [9.17, 15) is 9.59 Å². The molecule has 0 saturated carbocycles. The van der Waals surface area contributed by atoms with Crippen molar-refractivity contribution in [2.75, 3.05) is 6.61 Å². The number of ether oxygens (including phenoxy) is 3. The molecule has 1 aliphatic heterocycles. The molecule has 1 saturated heterocycles. The third-order valence-corrected chi connectivity index (χ3v) is 3.79. The number of rotatable bonds is 5. The zero-order chi connectivity index (χ0) is 17.1. The molecule has 2 aromatic rings. The minimum atomic E-state index is -0.812. The minimum Gasteiger partial charge on any atom is -0.489 e. The van der Waals surface area contributed by atoms with Crippen molar-refractivity contribution in [1.29, 1.82) is 0 Å². The fourth-order valence-electron chi connectivity index (χ4n) is 2.33. The van der Waals surface area contributed by atoms with Crippen LogP contribution in [0.4, 0.5) is 0 Å². The number of aryl methyl sites for hydroxylation is 2. The van der Waals surface area contributed by atoms with Crippen molar-refractivity contribution in [1.82, 2.24) is 5.16 Å². The maximum Gasteiger partial charge on any atom is 0.347 e. The molecule has 7 heteroatoms. The third kappa shape index (κ3) is 3.40. The lowest BCUT2D eigenvalue weighted by Crippen LogP contribution is -2.22. The standard InChI is InChI=1S/C17H17NO6/c1-10-14(11(2)24-18-10)9-22-13-5-3-12(4-6-13)16(19)23-15-7-8-21-17(15)20/h3-6,15H,7-9H2,1-2H3/t15-/m0/s1. The summed E-state index contributed by atoms with van der Waals surface area (Å²) in [6, 6.07) is 6.51. The van der Waals surface area contributed by atoms with Crippen molar-refractivity contribution in [3.05, 3.63) is 46.8 Å². The molecular weight excluding hydrogens is 314 g/mol. The maximum absolute atomic E-state index is 12.0. The van der Waals surface area contributed by atoms with Gasteiger partial charge in [0.15, 0.2) is 0 Å². The van der Waals surface area contributed by atoms with Crippen LogP contribution in [0.25, 0.3) is 0 Å². The fraction of sp³-hybridized carbons (Fsp3) is 0.353. The van der Waals surface area contributed by atoms with Crippen LogP contribution in [0.5, 0.6) is 5.75 Å². The molecule has 1 aliphatic rings. The molecular formula is C17H17NO6. The first kappa shape index (κ1) is 16.0. The molecule has 1 aromatic carbocycles. The van der Waals surface area contributed by atoms with Crippen LogP contribution in [-0.4, -0.2) is 29.8 Å². The number of hydrogen-bond donors (Lipinski definition) is 0. The van der Waals surface area contributed by atoms with Crippen LogP contribution in [-0.2, 0) is 20.9 Å². The highest BCUT2D eigenvalue weighted by Crippen LogP contribution is 2.19. The van der Waals surface area contributed by atoms with E-state index >= 15 is 0 Å². The van der Waals surface area contributed by atoms with Gasteiger partial charge in [-0.05, 0) is 38.1 Å².